The fourth-order valence-corrected chi connectivity index (χ4v) is 1.27. The third-order valence-electron chi connectivity index (χ3n) is 1.95. The number of rotatable bonds is 4. The predicted octanol–water partition coefficient (Wildman–Crippen LogP) is 0.864. The fraction of sp³-hybridized carbons (Fsp3) is 0.500. The third-order valence-corrected chi connectivity index (χ3v) is 1.95. The lowest BCUT2D eigenvalue weighted by Crippen LogP contribution is -2.22. The average Bonchev–Trinajstić information content (AvgIpc) is 2.20. The summed E-state index contributed by atoms with van der Waals surface area (Å²) in [6.45, 7) is 2.20. The van der Waals surface area contributed by atoms with Gasteiger partial charge in [0.15, 0.2) is 0 Å². The van der Waals surface area contributed by atoms with Crippen LogP contribution in [0.3, 0.4) is 0 Å². The predicted molar refractivity (Wildman–Crippen MR) is 54.6 cm³/mol. The molecular formula is C10H13N3O2. The maximum absolute atomic E-state index is 11.6. The lowest BCUT2D eigenvalue weighted by atomic mass is 10.3. The number of nitrogens with zero attached hydrogens (tertiary/aromatic N) is 3. The number of aryl methyl sites for hydroxylation is 1. The minimum Gasteiger partial charge on any atom is -0.468 e. The molecule has 0 N–H and O–H groups in total. The van der Waals surface area contributed by atoms with Crippen LogP contribution in [0.5, 0.6) is 6.01 Å². The van der Waals surface area contributed by atoms with Gasteiger partial charge in [0.25, 0.3) is 11.6 Å². The smallest absolute Gasteiger partial charge is 0.299 e. The second-order valence-electron chi connectivity index (χ2n) is 3.14. The van der Waals surface area contributed by atoms with Crippen LogP contribution in [0.15, 0.2) is 10.9 Å². The van der Waals surface area contributed by atoms with Crippen molar-refractivity contribution in [2.45, 2.75) is 26.3 Å². The second-order valence-corrected chi connectivity index (χ2v) is 3.14. The molecule has 0 bridgehead atoms. The van der Waals surface area contributed by atoms with Gasteiger partial charge in [0.05, 0.1) is 13.2 Å². The molecule has 1 aromatic heterocycles. The van der Waals surface area contributed by atoms with Gasteiger partial charge in [-0.1, -0.05) is 0 Å². The molecule has 0 atom stereocenters. The van der Waals surface area contributed by atoms with Crippen LogP contribution in [0.25, 0.3) is 0 Å². The van der Waals surface area contributed by atoms with Gasteiger partial charge >= 0.3 is 0 Å². The van der Waals surface area contributed by atoms with Gasteiger partial charge in [-0.05, 0) is 13.3 Å². The monoisotopic (exact) mass is 207 g/mol. The molecule has 5 nitrogen and oxygen atoms in total. The van der Waals surface area contributed by atoms with Crippen molar-refractivity contribution in [3.05, 3.63) is 22.1 Å². The summed E-state index contributed by atoms with van der Waals surface area (Å²) < 4.78 is 6.44. The van der Waals surface area contributed by atoms with E-state index in [1.54, 1.807) is 6.92 Å². The highest BCUT2D eigenvalue weighted by Gasteiger charge is 2.06. The standard InChI is InChI=1S/C10H13N3O2/c1-8-7-9(14)13(6-4-3-5-11)10(12-8)15-2/h7H,3-4,6H2,1-2H3. The SMILES string of the molecule is COc1nc(C)cc(=O)n1CCCC#N. The summed E-state index contributed by atoms with van der Waals surface area (Å²) in [5.74, 6) is 0. The normalized spacial score (nSPS) is 9.67. The van der Waals surface area contributed by atoms with Crippen molar-refractivity contribution in [2.24, 2.45) is 0 Å². The first-order chi connectivity index (χ1) is 7.19. The van der Waals surface area contributed by atoms with Gasteiger partial charge in [-0.2, -0.15) is 5.26 Å². The number of nitriles is 1. The fourth-order valence-electron chi connectivity index (χ4n) is 1.27. The molecule has 0 radical (unpaired) electrons. The van der Waals surface area contributed by atoms with Crippen molar-refractivity contribution in [3.8, 4) is 12.1 Å². The van der Waals surface area contributed by atoms with Crippen LogP contribution >= 0.6 is 0 Å². The third kappa shape index (κ3) is 2.81. The van der Waals surface area contributed by atoms with Crippen molar-refractivity contribution < 1.29 is 4.74 Å². The molecule has 0 amide bonds. The number of ether oxygens (including phenoxy) is 1. The summed E-state index contributed by atoms with van der Waals surface area (Å²) >= 11 is 0. The highest BCUT2D eigenvalue weighted by molar-refractivity contribution is 5.06. The van der Waals surface area contributed by atoms with Crippen molar-refractivity contribution in [1.29, 1.82) is 5.26 Å². The molecule has 0 saturated heterocycles. The highest BCUT2D eigenvalue weighted by Crippen LogP contribution is 2.05. The summed E-state index contributed by atoms with van der Waals surface area (Å²) in [6, 6.07) is 3.79. The Labute approximate surface area is 87.9 Å². The zero-order valence-corrected chi connectivity index (χ0v) is 8.86. The minimum atomic E-state index is -0.141. The Bertz CT molecular complexity index is 431. The van der Waals surface area contributed by atoms with Crippen LogP contribution in [0.4, 0.5) is 0 Å². The molecule has 0 aliphatic rings. The molecule has 1 aromatic rings. The number of hydrogen-bond acceptors (Lipinski definition) is 4. The molecule has 1 heterocycles. The van der Waals surface area contributed by atoms with Crippen molar-refractivity contribution in [2.75, 3.05) is 7.11 Å². The van der Waals surface area contributed by atoms with Crippen LogP contribution in [0.2, 0.25) is 0 Å². The Kier molecular flexibility index (Phi) is 3.86. The minimum absolute atomic E-state index is 0.141. The summed E-state index contributed by atoms with van der Waals surface area (Å²) in [6.07, 6.45) is 1.04. The Morgan fingerprint density at radius 2 is 2.40 bits per heavy atom. The van der Waals surface area contributed by atoms with E-state index in [0.717, 1.165) is 0 Å². The van der Waals surface area contributed by atoms with E-state index in [1.165, 1.54) is 17.7 Å². The summed E-state index contributed by atoms with van der Waals surface area (Å²) in [7, 11) is 1.47. The van der Waals surface area contributed by atoms with Crippen molar-refractivity contribution in [3.63, 3.8) is 0 Å². The zero-order chi connectivity index (χ0) is 11.3. The largest absolute Gasteiger partial charge is 0.468 e. The van der Waals surface area contributed by atoms with E-state index in [1.807, 2.05) is 6.07 Å². The average molecular weight is 207 g/mol. The Morgan fingerprint density at radius 1 is 1.67 bits per heavy atom. The summed E-state index contributed by atoms with van der Waals surface area (Å²) in [5, 5.41) is 8.40. The van der Waals surface area contributed by atoms with Gasteiger partial charge < -0.3 is 4.74 Å². The van der Waals surface area contributed by atoms with Crippen LogP contribution in [0, 0.1) is 18.3 Å². The van der Waals surface area contributed by atoms with Gasteiger partial charge in [-0.3, -0.25) is 9.36 Å². The molecule has 5 heteroatoms. The van der Waals surface area contributed by atoms with Crippen molar-refractivity contribution >= 4 is 0 Å². The van der Waals surface area contributed by atoms with E-state index in [9.17, 15) is 4.79 Å². The molecule has 0 aliphatic heterocycles. The first-order valence-electron chi connectivity index (χ1n) is 4.68. The summed E-state index contributed by atoms with van der Waals surface area (Å²) in [4.78, 5) is 15.7. The molecule has 0 fully saturated rings. The van der Waals surface area contributed by atoms with Crippen LogP contribution in [0.1, 0.15) is 18.5 Å². The van der Waals surface area contributed by atoms with Crippen molar-refractivity contribution in [1.82, 2.24) is 9.55 Å². The maximum Gasteiger partial charge on any atom is 0.299 e. The molecule has 0 saturated carbocycles. The molecule has 1 rings (SSSR count). The molecule has 0 aromatic carbocycles. The number of hydrogen-bond donors (Lipinski definition) is 0. The topological polar surface area (TPSA) is 67.9 Å². The lowest BCUT2D eigenvalue weighted by molar-refractivity contribution is 0.342. The van der Waals surface area contributed by atoms with E-state index in [4.69, 9.17) is 10.00 Å². The number of aromatic nitrogens is 2. The summed E-state index contributed by atoms with van der Waals surface area (Å²) in [5.41, 5.74) is 0.491. The van der Waals surface area contributed by atoms with Gasteiger partial charge in [-0.25, -0.2) is 4.98 Å². The van der Waals surface area contributed by atoms with Gasteiger partial charge in [0, 0.05) is 24.7 Å². The van der Waals surface area contributed by atoms with E-state index in [2.05, 4.69) is 4.98 Å². The molecule has 80 valence electrons. The first-order valence-corrected chi connectivity index (χ1v) is 4.68. The number of unbranched alkanes of at least 4 members (excludes halogenated alkanes) is 1. The molecule has 0 spiro atoms. The molecule has 0 aliphatic carbocycles. The highest BCUT2D eigenvalue weighted by atomic mass is 16.5. The molecule has 0 unspecified atom stereocenters. The zero-order valence-electron chi connectivity index (χ0n) is 8.86. The van der Waals surface area contributed by atoms with Crippen LogP contribution in [-0.2, 0) is 6.54 Å². The second kappa shape index (κ2) is 5.15. The Hall–Kier alpha value is -1.83. The Balaban J connectivity index is 2.95. The van der Waals surface area contributed by atoms with E-state index >= 15 is 0 Å². The van der Waals surface area contributed by atoms with Crippen LogP contribution in [-0.4, -0.2) is 16.7 Å². The Morgan fingerprint density at radius 3 is 3.00 bits per heavy atom. The maximum atomic E-state index is 11.6. The van der Waals surface area contributed by atoms with Crippen LogP contribution < -0.4 is 10.3 Å². The van der Waals surface area contributed by atoms with Gasteiger partial charge in [0.2, 0.25) is 0 Å². The molecular weight excluding hydrogens is 194 g/mol. The van der Waals surface area contributed by atoms with E-state index in [-0.39, 0.29) is 5.56 Å². The lowest BCUT2D eigenvalue weighted by Gasteiger charge is -2.09. The first kappa shape index (κ1) is 11.2. The molecule has 15 heavy (non-hydrogen) atoms. The van der Waals surface area contributed by atoms with E-state index in [0.29, 0.717) is 31.1 Å². The van der Waals surface area contributed by atoms with Gasteiger partial charge in [0.1, 0.15) is 0 Å². The number of methoxy groups -OCH3 is 1. The quantitative estimate of drug-likeness (QED) is 0.687. The van der Waals surface area contributed by atoms with E-state index < -0.39 is 0 Å². The van der Waals surface area contributed by atoms with Gasteiger partial charge in [-0.15, -0.1) is 0 Å².